The van der Waals surface area contributed by atoms with Crippen molar-refractivity contribution in [3.8, 4) is 55.6 Å². The van der Waals surface area contributed by atoms with Crippen molar-refractivity contribution in [2.45, 2.75) is 24.7 Å². The first-order chi connectivity index (χ1) is 32.0. The van der Waals surface area contributed by atoms with Crippen LogP contribution in [0.25, 0.3) is 55.6 Å². The molecule has 2 aliphatic rings. The van der Waals surface area contributed by atoms with Crippen LogP contribution in [0.5, 0.6) is 0 Å². The van der Waals surface area contributed by atoms with Gasteiger partial charge in [-0.1, -0.05) is 232 Å². The summed E-state index contributed by atoms with van der Waals surface area (Å²) in [5.41, 5.74) is 23.0. The van der Waals surface area contributed by atoms with E-state index < -0.39 is 5.41 Å². The fourth-order valence-corrected chi connectivity index (χ4v) is 11.3. The molecule has 0 fully saturated rings. The quantitative estimate of drug-likeness (QED) is 0.155. The summed E-state index contributed by atoms with van der Waals surface area (Å²) in [6.45, 7) is 4.78. The summed E-state index contributed by atoms with van der Waals surface area (Å²) in [4.78, 5) is 2.48. The van der Waals surface area contributed by atoms with Crippen molar-refractivity contribution in [3.05, 3.63) is 282 Å². The number of nitrogens with zero attached hydrogens (tertiary/aromatic N) is 1. The lowest BCUT2D eigenvalue weighted by Crippen LogP contribution is -2.40. The molecule has 10 aromatic carbocycles. The molecule has 0 N–H and O–H groups in total. The second-order valence-corrected chi connectivity index (χ2v) is 18.0. The maximum absolute atomic E-state index is 2.48. The predicted molar refractivity (Wildman–Crippen MR) is 272 cm³/mol. The lowest BCUT2D eigenvalue weighted by Gasteiger charge is -2.46. The van der Waals surface area contributed by atoms with Crippen LogP contribution in [0.1, 0.15) is 47.2 Å². The average molecular weight is 830 g/mol. The Morgan fingerprint density at radius 1 is 0.262 bits per heavy atom. The van der Waals surface area contributed by atoms with Gasteiger partial charge in [0.05, 0.1) is 11.1 Å². The molecule has 0 aromatic heterocycles. The zero-order valence-corrected chi connectivity index (χ0v) is 36.6. The van der Waals surface area contributed by atoms with Crippen molar-refractivity contribution >= 4 is 17.1 Å². The van der Waals surface area contributed by atoms with Gasteiger partial charge in [0.2, 0.25) is 0 Å². The van der Waals surface area contributed by atoms with Crippen LogP contribution in [0.4, 0.5) is 17.1 Å². The highest BCUT2D eigenvalue weighted by atomic mass is 15.1. The molecule has 65 heavy (non-hydrogen) atoms. The van der Waals surface area contributed by atoms with Crippen molar-refractivity contribution in [2.75, 3.05) is 4.90 Å². The zero-order valence-electron chi connectivity index (χ0n) is 36.6. The van der Waals surface area contributed by atoms with E-state index in [0.29, 0.717) is 0 Å². The second-order valence-electron chi connectivity index (χ2n) is 18.0. The van der Waals surface area contributed by atoms with Gasteiger partial charge < -0.3 is 4.90 Å². The molecule has 1 heteroatoms. The Morgan fingerprint density at radius 2 is 0.662 bits per heavy atom. The van der Waals surface area contributed by atoms with Gasteiger partial charge in [-0.3, -0.25) is 0 Å². The molecule has 0 amide bonds. The molecule has 1 spiro atoms. The van der Waals surface area contributed by atoms with Crippen LogP contribution in [0.15, 0.2) is 249 Å². The minimum absolute atomic E-state index is 0.152. The average Bonchev–Trinajstić information content (AvgIpc) is 3.67. The van der Waals surface area contributed by atoms with E-state index in [0.717, 1.165) is 22.6 Å². The van der Waals surface area contributed by atoms with Crippen LogP contribution in [-0.4, -0.2) is 0 Å². The number of hydrogen-bond acceptors (Lipinski definition) is 1. The maximum Gasteiger partial charge on any atom is 0.0719 e. The topological polar surface area (TPSA) is 3.24 Å². The van der Waals surface area contributed by atoms with Gasteiger partial charge in [0.1, 0.15) is 0 Å². The minimum Gasteiger partial charge on any atom is -0.310 e. The third-order valence-electron chi connectivity index (χ3n) is 14.2. The molecule has 0 atom stereocenters. The third kappa shape index (κ3) is 6.00. The fraction of sp³-hybridized carbons (Fsp3) is 0.0625. The first-order valence-corrected chi connectivity index (χ1v) is 22.8. The molecular formula is C64H47N. The molecule has 0 unspecified atom stereocenters. The van der Waals surface area contributed by atoms with Crippen molar-refractivity contribution in [1.82, 2.24) is 0 Å². The summed E-state index contributed by atoms with van der Waals surface area (Å²) in [6.07, 6.45) is 0. The maximum atomic E-state index is 2.48. The molecule has 2 aliphatic carbocycles. The Bertz CT molecular complexity index is 3350. The van der Waals surface area contributed by atoms with Crippen molar-refractivity contribution in [1.29, 1.82) is 0 Å². The van der Waals surface area contributed by atoms with Gasteiger partial charge in [-0.25, -0.2) is 0 Å². The van der Waals surface area contributed by atoms with E-state index in [1.165, 1.54) is 83.5 Å². The van der Waals surface area contributed by atoms with Gasteiger partial charge in [0.25, 0.3) is 0 Å². The Labute approximate surface area is 382 Å². The minimum atomic E-state index is -0.460. The fourth-order valence-electron chi connectivity index (χ4n) is 11.3. The predicted octanol–water partition coefficient (Wildman–Crippen LogP) is 16.8. The summed E-state index contributed by atoms with van der Waals surface area (Å²) in [5, 5.41) is 0. The van der Waals surface area contributed by atoms with Gasteiger partial charge in [-0.2, -0.15) is 0 Å². The molecule has 1 nitrogen and oxygen atoms in total. The standard InChI is InChI=1S/C64H47N/c1-63(2)58-32-16-18-34-60(58)64(61-35-19-17-33-59(61)63)56-31-15-13-29-53(56)55-43-48(41-42-57(55)64)65(47-39-37-45(38-40-47)44-21-5-3-6-22-44)62-36-20-14-30-54(62)52-28-12-11-27-51(52)50-26-10-9-25-49(50)46-23-7-4-8-24-46/h3-43H,1-2H3. The van der Waals surface area contributed by atoms with Crippen LogP contribution < -0.4 is 4.90 Å². The van der Waals surface area contributed by atoms with Crippen LogP contribution in [0.2, 0.25) is 0 Å². The smallest absolute Gasteiger partial charge is 0.0719 e. The largest absolute Gasteiger partial charge is 0.310 e. The first-order valence-electron chi connectivity index (χ1n) is 22.8. The van der Waals surface area contributed by atoms with E-state index >= 15 is 0 Å². The molecule has 0 saturated carbocycles. The number of para-hydroxylation sites is 1. The number of hydrogen-bond donors (Lipinski definition) is 0. The van der Waals surface area contributed by atoms with E-state index in [9.17, 15) is 0 Å². The summed E-state index contributed by atoms with van der Waals surface area (Å²) >= 11 is 0. The van der Waals surface area contributed by atoms with Gasteiger partial charge in [0.15, 0.2) is 0 Å². The van der Waals surface area contributed by atoms with Crippen molar-refractivity contribution < 1.29 is 0 Å². The van der Waals surface area contributed by atoms with E-state index in [2.05, 4.69) is 267 Å². The van der Waals surface area contributed by atoms with Crippen molar-refractivity contribution in [2.24, 2.45) is 0 Å². The summed E-state index contributed by atoms with van der Waals surface area (Å²) in [7, 11) is 0. The highest BCUT2D eigenvalue weighted by Crippen LogP contribution is 2.62. The molecule has 12 rings (SSSR count). The SMILES string of the molecule is CC1(C)c2ccccc2C2(c3ccccc3-c3cc(N(c4ccc(-c5ccccc5)cc4)c4ccccc4-c4ccccc4-c4ccccc4-c4ccccc4)ccc32)c2ccccc21. The highest BCUT2D eigenvalue weighted by molar-refractivity contribution is 5.98. The Hall–Kier alpha value is -8.00. The molecule has 0 heterocycles. The van der Waals surface area contributed by atoms with E-state index in [1.807, 2.05) is 0 Å². The highest BCUT2D eigenvalue weighted by Gasteiger charge is 2.53. The van der Waals surface area contributed by atoms with Crippen LogP contribution in [0, 0.1) is 0 Å². The summed E-state index contributed by atoms with van der Waals surface area (Å²) in [5.74, 6) is 0. The number of rotatable bonds is 7. The second kappa shape index (κ2) is 15.4. The van der Waals surface area contributed by atoms with Crippen LogP contribution >= 0.6 is 0 Å². The normalized spacial score (nSPS) is 13.6. The van der Waals surface area contributed by atoms with Gasteiger partial charge in [0, 0.05) is 22.4 Å². The van der Waals surface area contributed by atoms with Gasteiger partial charge in [-0.05, 0) is 114 Å². The lowest BCUT2D eigenvalue weighted by atomic mass is 9.55. The summed E-state index contributed by atoms with van der Waals surface area (Å²) < 4.78 is 0. The van der Waals surface area contributed by atoms with E-state index in [1.54, 1.807) is 0 Å². The van der Waals surface area contributed by atoms with Gasteiger partial charge >= 0.3 is 0 Å². The Balaban J connectivity index is 1.09. The monoisotopic (exact) mass is 829 g/mol. The van der Waals surface area contributed by atoms with Crippen molar-refractivity contribution in [3.63, 3.8) is 0 Å². The first kappa shape index (κ1) is 38.7. The molecule has 0 aliphatic heterocycles. The number of benzene rings is 10. The molecule has 0 saturated heterocycles. The summed E-state index contributed by atoms with van der Waals surface area (Å²) in [6, 6.07) is 91.9. The molecule has 0 bridgehead atoms. The molecular weight excluding hydrogens is 783 g/mol. The number of anilines is 3. The van der Waals surface area contributed by atoms with E-state index in [-0.39, 0.29) is 5.41 Å². The molecule has 308 valence electrons. The zero-order chi connectivity index (χ0) is 43.5. The molecule has 0 radical (unpaired) electrons. The third-order valence-corrected chi connectivity index (χ3v) is 14.2. The Kier molecular flexibility index (Phi) is 9.14. The Morgan fingerprint density at radius 3 is 1.28 bits per heavy atom. The van der Waals surface area contributed by atoms with Crippen LogP contribution in [0.3, 0.4) is 0 Å². The van der Waals surface area contributed by atoms with Gasteiger partial charge in [-0.15, -0.1) is 0 Å². The lowest BCUT2D eigenvalue weighted by molar-refractivity contribution is 0.563. The van der Waals surface area contributed by atoms with E-state index in [4.69, 9.17) is 0 Å². The number of fused-ring (bicyclic) bond motifs is 9. The molecule has 10 aromatic rings. The van der Waals surface area contributed by atoms with Crippen LogP contribution in [-0.2, 0) is 10.8 Å².